The standard InChI is InChI=1S/C23H22ClFN4O4/c1-28(2)20(30)19-10-14-9-17(3-4-18(14)27-19)29-6-5-23(33,22(29)32)21(31)26-12-13-7-15(24)11-16(25)8-13/h3-4,7-11,27,33H,5-6,12H2,1-2H3,(H,26,31). The van der Waals surface area contributed by atoms with Gasteiger partial charge in [-0.3, -0.25) is 14.4 Å². The molecule has 1 aromatic heterocycles. The molecular weight excluding hydrogens is 451 g/mol. The largest absolute Gasteiger partial charge is 0.372 e. The number of rotatable bonds is 5. The number of aliphatic hydroxyl groups is 1. The summed E-state index contributed by atoms with van der Waals surface area (Å²) < 4.78 is 13.5. The molecular formula is C23H22ClFN4O4. The molecule has 2 aromatic carbocycles. The van der Waals surface area contributed by atoms with E-state index in [1.165, 1.54) is 21.9 Å². The highest BCUT2D eigenvalue weighted by Crippen LogP contribution is 2.31. The topological polar surface area (TPSA) is 106 Å². The van der Waals surface area contributed by atoms with Crippen molar-refractivity contribution in [3.63, 3.8) is 0 Å². The molecule has 0 bridgehead atoms. The first-order valence-corrected chi connectivity index (χ1v) is 10.6. The second kappa shape index (κ2) is 8.49. The summed E-state index contributed by atoms with van der Waals surface area (Å²) in [5.41, 5.74) is -0.210. The molecule has 1 unspecified atom stereocenters. The monoisotopic (exact) mass is 472 g/mol. The molecule has 2 heterocycles. The Labute approximate surface area is 193 Å². The van der Waals surface area contributed by atoms with Crippen molar-refractivity contribution in [2.75, 3.05) is 25.5 Å². The first-order valence-electron chi connectivity index (χ1n) is 10.2. The van der Waals surface area contributed by atoms with Gasteiger partial charge in [0, 0.05) is 55.2 Å². The number of nitrogens with one attached hydrogen (secondary N) is 2. The third kappa shape index (κ3) is 4.29. The van der Waals surface area contributed by atoms with E-state index in [0.717, 1.165) is 11.6 Å². The van der Waals surface area contributed by atoms with Crippen LogP contribution in [-0.2, 0) is 16.1 Å². The fourth-order valence-corrected chi connectivity index (χ4v) is 4.09. The summed E-state index contributed by atoms with van der Waals surface area (Å²) in [7, 11) is 3.30. The molecule has 10 heteroatoms. The maximum absolute atomic E-state index is 13.5. The van der Waals surface area contributed by atoms with Crippen LogP contribution in [-0.4, -0.2) is 59.0 Å². The van der Waals surface area contributed by atoms with Gasteiger partial charge in [0.15, 0.2) is 0 Å². The van der Waals surface area contributed by atoms with E-state index in [4.69, 9.17) is 11.6 Å². The van der Waals surface area contributed by atoms with Gasteiger partial charge in [-0.25, -0.2) is 4.39 Å². The summed E-state index contributed by atoms with van der Waals surface area (Å²) in [6, 6.07) is 10.6. The van der Waals surface area contributed by atoms with E-state index in [1.807, 2.05) is 0 Å². The lowest BCUT2D eigenvalue weighted by molar-refractivity contribution is -0.149. The van der Waals surface area contributed by atoms with Crippen LogP contribution < -0.4 is 10.2 Å². The first kappa shape index (κ1) is 22.8. The van der Waals surface area contributed by atoms with E-state index in [9.17, 15) is 23.9 Å². The van der Waals surface area contributed by atoms with E-state index in [0.29, 0.717) is 22.3 Å². The van der Waals surface area contributed by atoms with Gasteiger partial charge in [-0.1, -0.05) is 11.6 Å². The molecule has 0 spiro atoms. The molecule has 8 nitrogen and oxygen atoms in total. The predicted molar refractivity (Wildman–Crippen MR) is 121 cm³/mol. The van der Waals surface area contributed by atoms with Crippen LogP contribution in [0, 0.1) is 5.82 Å². The third-order valence-electron chi connectivity index (χ3n) is 5.60. The summed E-state index contributed by atoms with van der Waals surface area (Å²) >= 11 is 5.82. The second-order valence-electron chi connectivity index (χ2n) is 8.18. The van der Waals surface area contributed by atoms with Crippen molar-refractivity contribution >= 4 is 45.9 Å². The Balaban J connectivity index is 1.50. The van der Waals surface area contributed by atoms with Gasteiger partial charge in [0.25, 0.3) is 17.7 Å². The average molecular weight is 473 g/mol. The van der Waals surface area contributed by atoms with E-state index in [2.05, 4.69) is 10.3 Å². The van der Waals surface area contributed by atoms with E-state index in [1.54, 1.807) is 38.4 Å². The summed E-state index contributed by atoms with van der Waals surface area (Å²) in [5, 5.41) is 14.2. The number of hydrogen-bond acceptors (Lipinski definition) is 4. The normalized spacial score (nSPS) is 18.1. The van der Waals surface area contributed by atoms with Crippen LogP contribution >= 0.6 is 11.6 Å². The van der Waals surface area contributed by atoms with Gasteiger partial charge in [0.2, 0.25) is 5.60 Å². The smallest absolute Gasteiger partial charge is 0.269 e. The quantitative estimate of drug-likeness (QED) is 0.496. The number of aromatic nitrogens is 1. The SMILES string of the molecule is CN(C)C(=O)c1cc2cc(N3CCC(O)(C(=O)NCc4cc(F)cc(Cl)c4)C3=O)ccc2[nH]1. The zero-order valence-electron chi connectivity index (χ0n) is 18.0. The van der Waals surface area contributed by atoms with Gasteiger partial charge in [0.05, 0.1) is 0 Å². The lowest BCUT2D eigenvalue weighted by atomic mass is 10.0. The lowest BCUT2D eigenvalue weighted by Gasteiger charge is -2.22. The van der Waals surface area contributed by atoms with E-state index < -0.39 is 23.2 Å². The number of amides is 3. The maximum Gasteiger partial charge on any atom is 0.269 e. The number of carbonyl (C=O) groups excluding carboxylic acids is 3. The number of carbonyl (C=O) groups is 3. The van der Waals surface area contributed by atoms with Crippen molar-refractivity contribution in [2.24, 2.45) is 0 Å². The number of H-pyrrole nitrogens is 1. The Morgan fingerprint density at radius 1 is 1.24 bits per heavy atom. The number of anilines is 1. The van der Waals surface area contributed by atoms with E-state index in [-0.39, 0.29) is 30.4 Å². The Morgan fingerprint density at radius 2 is 2.00 bits per heavy atom. The number of aromatic amines is 1. The number of hydrogen-bond donors (Lipinski definition) is 3. The van der Waals surface area contributed by atoms with Crippen LogP contribution in [0.1, 0.15) is 22.5 Å². The zero-order chi connectivity index (χ0) is 23.9. The molecule has 1 atom stereocenters. The van der Waals surface area contributed by atoms with Crippen LogP contribution in [0.15, 0.2) is 42.5 Å². The predicted octanol–water partition coefficient (Wildman–Crippen LogP) is 2.45. The van der Waals surface area contributed by atoms with Gasteiger partial charge < -0.3 is 25.2 Å². The Bertz CT molecular complexity index is 1250. The number of nitrogens with zero attached hydrogens (tertiary/aromatic N) is 2. The van der Waals surface area contributed by atoms with Gasteiger partial charge in [-0.15, -0.1) is 0 Å². The molecule has 172 valence electrons. The fourth-order valence-electron chi connectivity index (χ4n) is 3.85. The Morgan fingerprint density at radius 3 is 2.70 bits per heavy atom. The molecule has 1 saturated heterocycles. The van der Waals surface area contributed by atoms with Crippen molar-refractivity contribution in [2.45, 2.75) is 18.6 Å². The minimum absolute atomic E-state index is 0.0934. The zero-order valence-corrected chi connectivity index (χ0v) is 18.7. The van der Waals surface area contributed by atoms with Gasteiger partial charge in [0.1, 0.15) is 11.5 Å². The van der Waals surface area contributed by atoms with Gasteiger partial charge in [-0.2, -0.15) is 0 Å². The van der Waals surface area contributed by atoms with E-state index >= 15 is 0 Å². The highest BCUT2D eigenvalue weighted by molar-refractivity contribution is 6.30. The molecule has 0 radical (unpaired) electrons. The molecule has 1 fully saturated rings. The summed E-state index contributed by atoms with van der Waals surface area (Å²) in [6.45, 7) is 0.0395. The highest BCUT2D eigenvalue weighted by atomic mass is 35.5. The van der Waals surface area contributed by atoms with Crippen LogP contribution in [0.5, 0.6) is 0 Å². The molecule has 3 amide bonds. The second-order valence-corrected chi connectivity index (χ2v) is 8.62. The number of halogens is 2. The third-order valence-corrected chi connectivity index (χ3v) is 5.82. The lowest BCUT2D eigenvalue weighted by Crippen LogP contribution is -2.52. The summed E-state index contributed by atoms with van der Waals surface area (Å²) in [6.07, 6.45) is -0.100. The minimum atomic E-state index is -2.24. The van der Waals surface area contributed by atoms with Crippen molar-refractivity contribution in [1.82, 2.24) is 15.2 Å². The fraction of sp³-hybridized carbons (Fsp3) is 0.261. The highest BCUT2D eigenvalue weighted by Gasteiger charge is 2.51. The summed E-state index contributed by atoms with van der Waals surface area (Å²) in [5.74, 6) is -2.35. The van der Waals surface area contributed by atoms with Crippen molar-refractivity contribution < 1.29 is 23.9 Å². The molecule has 4 rings (SSSR count). The van der Waals surface area contributed by atoms with Crippen molar-refractivity contribution in [3.8, 4) is 0 Å². The average Bonchev–Trinajstić information content (AvgIpc) is 3.32. The Hall–Kier alpha value is -3.43. The van der Waals surface area contributed by atoms with Crippen LogP contribution in [0.3, 0.4) is 0 Å². The van der Waals surface area contributed by atoms with Crippen LogP contribution in [0.25, 0.3) is 10.9 Å². The van der Waals surface area contributed by atoms with Gasteiger partial charge in [-0.05, 0) is 48.0 Å². The molecule has 3 aromatic rings. The first-order chi connectivity index (χ1) is 15.6. The van der Waals surface area contributed by atoms with Crippen molar-refractivity contribution in [1.29, 1.82) is 0 Å². The maximum atomic E-state index is 13.5. The number of fused-ring (bicyclic) bond motifs is 1. The molecule has 33 heavy (non-hydrogen) atoms. The molecule has 1 aliphatic rings. The van der Waals surface area contributed by atoms with Crippen LogP contribution in [0.2, 0.25) is 5.02 Å². The molecule has 3 N–H and O–H groups in total. The van der Waals surface area contributed by atoms with Gasteiger partial charge >= 0.3 is 0 Å². The molecule has 1 aliphatic heterocycles. The Kier molecular flexibility index (Phi) is 5.85. The number of benzene rings is 2. The minimum Gasteiger partial charge on any atom is -0.372 e. The summed E-state index contributed by atoms with van der Waals surface area (Å²) in [4.78, 5) is 43.7. The molecule has 0 saturated carbocycles. The van der Waals surface area contributed by atoms with Crippen LogP contribution in [0.4, 0.5) is 10.1 Å². The van der Waals surface area contributed by atoms with Crippen molar-refractivity contribution in [3.05, 3.63) is 64.6 Å². The molecule has 0 aliphatic carbocycles.